The molecule has 0 atom stereocenters. The van der Waals surface area contributed by atoms with Crippen LogP contribution in [0, 0.1) is 0 Å². The summed E-state index contributed by atoms with van der Waals surface area (Å²) in [5.74, 6) is -1.06. The lowest BCUT2D eigenvalue weighted by Gasteiger charge is -2.25. The highest BCUT2D eigenvalue weighted by Gasteiger charge is 2.32. The van der Waals surface area contributed by atoms with E-state index in [0.29, 0.717) is 0 Å². The number of aromatic nitrogens is 1. The lowest BCUT2D eigenvalue weighted by atomic mass is 10.2. The van der Waals surface area contributed by atoms with Crippen molar-refractivity contribution in [2.24, 2.45) is 5.73 Å². The molecule has 0 aliphatic heterocycles. The summed E-state index contributed by atoms with van der Waals surface area (Å²) in [5, 5.41) is 8.77. The standard InChI is InChI=1S/C10H12F3N3O2/c11-10(12,13)6-16(4-5-17)9-7(8(14)18)2-1-3-15-9/h1-3,17H,4-6H2,(H2,14,18). The fourth-order valence-corrected chi connectivity index (χ4v) is 1.44. The van der Waals surface area contributed by atoms with Gasteiger partial charge in [-0.25, -0.2) is 4.98 Å². The topological polar surface area (TPSA) is 79.5 Å². The van der Waals surface area contributed by atoms with Gasteiger partial charge in [0.2, 0.25) is 0 Å². The summed E-state index contributed by atoms with van der Waals surface area (Å²) in [4.78, 5) is 15.6. The van der Waals surface area contributed by atoms with Crippen LogP contribution in [0.25, 0.3) is 0 Å². The first kappa shape index (κ1) is 14.2. The van der Waals surface area contributed by atoms with Crippen LogP contribution in [0.2, 0.25) is 0 Å². The van der Waals surface area contributed by atoms with Gasteiger partial charge >= 0.3 is 6.18 Å². The van der Waals surface area contributed by atoms with Crippen molar-refractivity contribution in [3.05, 3.63) is 23.9 Å². The van der Waals surface area contributed by atoms with E-state index < -0.39 is 25.2 Å². The number of anilines is 1. The molecule has 3 N–H and O–H groups in total. The van der Waals surface area contributed by atoms with E-state index in [1.807, 2.05) is 0 Å². The van der Waals surface area contributed by atoms with E-state index in [2.05, 4.69) is 4.98 Å². The number of carbonyl (C=O) groups is 1. The zero-order valence-electron chi connectivity index (χ0n) is 9.31. The predicted molar refractivity (Wildman–Crippen MR) is 58.1 cm³/mol. The molecule has 0 spiro atoms. The first-order valence-electron chi connectivity index (χ1n) is 5.02. The zero-order valence-corrected chi connectivity index (χ0v) is 9.31. The Labute approximate surface area is 101 Å². The van der Waals surface area contributed by atoms with Gasteiger partial charge in [0.15, 0.2) is 0 Å². The zero-order chi connectivity index (χ0) is 13.8. The highest BCUT2D eigenvalue weighted by Crippen LogP contribution is 2.22. The SMILES string of the molecule is NC(=O)c1cccnc1N(CCO)CC(F)(F)F. The monoisotopic (exact) mass is 263 g/mol. The number of hydrogen-bond acceptors (Lipinski definition) is 4. The predicted octanol–water partition coefficient (Wildman–Crippen LogP) is 0.542. The number of halogens is 3. The highest BCUT2D eigenvalue weighted by molar-refractivity contribution is 5.97. The molecule has 18 heavy (non-hydrogen) atoms. The van der Waals surface area contributed by atoms with E-state index >= 15 is 0 Å². The number of aliphatic hydroxyl groups excluding tert-OH is 1. The second-order valence-corrected chi connectivity index (χ2v) is 3.50. The van der Waals surface area contributed by atoms with Gasteiger partial charge in [0.1, 0.15) is 12.4 Å². The van der Waals surface area contributed by atoms with Gasteiger partial charge in [0, 0.05) is 12.7 Å². The Morgan fingerprint density at radius 1 is 1.50 bits per heavy atom. The lowest BCUT2D eigenvalue weighted by molar-refractivity contribution is -0.120. The minimum Gasteiger partial charge on any atom is -0.395 e. The van der Waals surface area contributed by atoms with Gasteiger partial charge in [-0.15, -0.1) is 0 Å². The molecular formula is C10H12F3N3O2. The smallest absolute Gasteiger partial charge is 0.395 e. The molecular weight excluding hydrogens is 251 g/mol. The number of carbonyl (C=O) groups excluding carboxylic acids is 1. The molecule has 1 amide bonds. The van der Waals surface area contributed by atoms with E-state index in [1.165, 1.54) is 18.3 Å². The fourth-order valence-electron chi connectivity index (χ4n) is 1.44. The van der Waals surface area contributed by atoms with Crippen LogP contribution < -0.4 is 10.6 Å². The molecule has 0 unspecified atom stereocenters. The Morgan fingerprint density at radius 3 is 2.67 bits per heavy atom. The van der Waals surface area contributed by atoms with Crippen molar-refractivity contribution >= 4 is 11.7 Å². The van der Waals surface area contributed by atoms with Crippen molar-refractivity contribution in [2.75, 3.05) is 24.6 Å². The summed E-state index contributed by atoms with van der Waals surface area (Å²) in [6.07, 6.45) is -3.22. The number of hydrogen-bond donors (Lipinski definition) is 2. The summed E-state index contributed by atoms with van der Waals surface area (Å²) < 4.78 is 37.1. The Kier molecular flexibility index (Phi) is 4.49. The molecule has 5 nitrogen and oxygen atoms in total. The van der Waals surface area contributed by atoms with E-state index in [4.69, 9.17) is 10.8 Å². The van der Waals surface area contributed by atoms with E-state index in [-0.39, 0.29) is 17.9 Å². The fraction of sp³-hybridized carbons (Fsp3) is 0.400. The van der Waals surface area contributed by atoms with Gasteiger partial charge in [-0.1, -0.05) is 0 Å². The second kappa shape index (κ2) is 5.67. The van der Waals surface area contributed by atoms with Crippen molar-refractivity contribution in [3.8, 4) is 0 Å². The van der Waals surface area contributed by atoms with Crippen LogP contribution in [-0.4, -0.2) is 41.9 Å². The molecule has 0 saturated carbocycles. The number of amides is 1. The van der Waals surface area contributed by atoms with Gasteiger partial charge in [-0.05, 0) is 12.1 Å². The summed E-state index contributed by atoms with van der Waals surface area (Å²) in [6, 6.07) is 2.68. The first-order valence-corrected chi connectivity index (χ1v) is 5.02. The molecule has 1 aromatic heterocycles. The number of rotatable bonds is 5. The maximum absolute atomic E-state index is 12.4. The van der Waals surface area contributed by atoms with Crippen LogP contribution in [0.3, 0.4) is 0 Å². The minimum absolute atomic E-state index is 0.116. The minimum atomic E-state index is -4.47. The Balaban J connectivity index is 3.09. The van der Waals surface area contributed by atoms with Gasteiger partial charge in [0.25, 0.3) is 5.91 Å². The molecule has 100 valence electrons. The third-order valence-electron chi connectivity index (χ3n) is 2.09. The number of pyridine rings is 1. The first-order chi connectivity index (χ1) is 8.35. The molecule has 0 aliphatic rings. The molecule has 1 aromatic rings. The number of nitrogens with two attached hydrogens (primary N) is 1. The summed E-state index contributed by atoms with van der Waals surface area (Å²) in [7, 11) is 0. The number of aliphatic hydroxyl groups is 1. The molecule has 0 radical (unpaired) electrons. The van der Waals surface area contributed by atoms with Crippen LogP contribution in [0.4, 0.5) is 19.0 Å². The molecule has 0 aliphatic carbocycles. The average molecular weight is 263 g/mol. The quantitative estimate of drug-likeness (QED) is 0.812. The Bertz CT molecular complexity index is 423. The van der Waals surface area contributed by atoms with Crippen molar-refractivity contribution < 1.29 is 23.1 Å². The molecule has 8 heteroatoms. The van der Waals surface area contributed by atoms with Crippen LogP contribution in [0.15, 0.2) is 18.3 Å². The van der Waals surface area contributed by atoms with Gasteiger partial charge in [-0.3, -0.25) is 4.79 Å². The second-order valence-electron chi connectivity index (χ2n) is 3.50. The van der Waals surface area contributed by atoms with E-state index in [0.717, 1.165) is 4.90 Å². The number of alkyl halides is 3. The van der Waals surface area contributed by atoms with Crippen LogP contribution in [0.1, 0.15) is 10.4 Å². The number of primary amides is 1. The summed E-state index contributed by atoms with van der Waals surface area (Å²) in [6.45, 7) is -2.10. The third kappa shape index (κ3) is 3.88. The Morgan fingerprint density at radius 2 is 2.17 bits per heavy atom. The summed E-state index contributed by atoms with van der Waals surface area (Å²) in [5.41, 5.74) is 4.95. The number of nitrogens with zero attached hydrogens (tertiary/aromatic N) is 2. The van der Waals surface area contributed by atoms with Crippen LogP contribution in [-0.2, 0) is 0 Å². The highest BCUT2D eigenvalue weighted by atomic mass is 19.4. The van der Waals surface area contributed by atoms with Gasteiger partial charge in [0.05, 0.1) is 12.2 Å². The molecule has 1 heterocycles. The van der Waals surface area contributed by atoms with Crippen molar-refractivity contribution in [1.82, 2.24) is 4.98 Å². The molecule has 0 saturated heterocycles. The van der Waals surface area contributed by atoms with Crippen LogP contribution in [0.5, 0.6) is 0 Å². The molecule has 0 fully saturated rings. The molecule has 0 aromatic carbocycles. The molecule has 0 bridgehead atoms. The van der Waals surface area contributed by atoms with Gasteiger partial charge in [-0.2, -0.15) is 13.2 Å². The Hall–Kier alpha value is -1.83. The normalized spacial score (nSPS) is 11.3. The largest absolute Gasteiger partial charge is 0.405 e. The summed E-state index contributed by atoms with van der Waals surface area (Å²) >= 11 is 0. The van der Waals surface area contributed by atoms with Crippen molar-refractivity contribution in [3.63, 3.8) is 0 Å². The third-order valence-corrected chi connectivity index (χ3v) is 2.09. The van der Waals surface area contributed by atoms with E-state index in [1.54, 1.807) is 0 Å². The maximum Gasteiger partial charge on any atom is 0.405 e. The average Bonchev–Trinajstić information content (AvgIpc) is 2.26. The molecule has 1 rings (SSSR count). The maximum atomic E-state index is 12.4. The lowest BCUT2D eigenvalue weighted by Crippen LogP contribution is -2.38. The van der Waals surface area contributed by atoms with Crippen LogP contribution >= 0.6 is 0 Å². The van der Waals surface area contributed by atoms with Crippen molar-refractivity contribution in [2.45, 2.75) is 6.18 Å². The van der Waals surface area contributed by atoms with E-state index in [9.17, 15) is 18.0 Å². The van der Waals surface area contributed by atoms with Crippen molar-refractivity contribution in [1.29, 1.82) is 0 Å². The van der Waals surface area contributed by atoms with Gasteiger partial charge < -0.3 is 15.7 Å².